The van der Waals surface area contributed by atoms with Gasteiger partial charge in [-0.2, -0.15) is 0 Å². The average Bonchev–Trinajstić information content (AvgIpc) is 2.53. The largest absolute Gasteiger partial charge is 0.497 e. The van der Waals surface area contributed by atoms with Gasteiger partial charge < -0.3 is 14.2 Å². The molecular weight excluding hydrogens is 268 g/mol. The molecule has 0 radical (unpaired) electrons. The van der Waals surface area contributed by atoms with E-state index in [1.54, 1.807) is 50.6 Å². The fourth-order valence-corrected chi connectivity index (χ4v) is 2.17. The van der Waals surface area contributed by atoms with Crippen LogP contribution >= 0.6 is 0 Å². The quantitative estimate of drug-likeness (QED) is 0.791. The van der Waals surface area contributed by atoms with Crippen LogP contribution in [-0.4, -0.2) is 27.1 Å². The van der Waals surface area contributed by atoms with Crippen molar-refractivity contribution in [2.24, 2.45) is 0 Å². The molecule has 4 nitrogen and oxygen atoms in total. The highest BCUT2D eigenvalue weighted by molar-refractivity contribution is 6.11. The molecule has 0 aliphatic carbocycles. The molecular formula is C17H18O4. The van der Waals surface area contributed by atoms with Crippen molar-refractivity contribution < 1.29 is 19.0 Å². The second-order valence-corrected chi connectivity index (χ2v) is 4.58. The van der Waals surface area contributed by atoms with Gasteiger partial charge in [-0.3, -0.25) is 4.79 Å². The molecule has 0 fully saturated rings. The number of hydrogen-bond donors (Lipinski definition) is 0. The van der Waals surface area contributed by atoms with Crippen LogP contribution in [0.25, 0.3) is 0 Å². The lowest BCUT2D eigenvalue weighted by Crippen LogP contribution is -2.05. The van der Waals surface area contributed by atoms with Crippen LogP contribution in [0, 0.1) is 6.92 Å². The lowest BCUT2D eigenvalue weighted by Gasteiger charge is -2.11. The normalized spacial score (nSPS) is 10.1. The number of benzene rings is 2. The van der Waals surface area contributed by atoms with Crippen molar-refractivity contribution in [2.75, 3.05) is 21.3 Å². The molecule has 0 unspecified atom stereocenters. The fourth-order valence-electron chi connectivity index (χ4n) is 2.17. The smallest absolute Gasteiger partial charge is 0.196 e. The molecule has 0 saturated heterocycles. The van der Waals surface area contributed by atoms with E-state index in [2.05, 4.69) is 0 Å². The third kappa shape index (κ3) is 2.99. The van der Waals surface area contributed by atoms with Gasteiger partial charge in [0.05, 0.1) is 26.9 Å². The van der Waals surface area contributed by atoms with Crippen LogP contribution in [0.5, 0.6) is 17.2 Å². The Morgan fingerprint density at radius 3 is 2.10 bits per heavy atom. The van der Waals surface area contributed by atoms with Gasteiger partial charge in [0.1, 0.15) is 17.2 Å². The predicted molar refractivity (Wildman–Crippen MR) is 80.7 cm³/mol. The number of ether oxygens (including phenoxy) is 3. The summed E-state index contributed by atoms with van der Waals surface area (Å²) in [4.78, 5) is 12.7. The lowest BCUT2D eigenvalue weighted by atomic mass is 10.00. The maximum Gasteiger partial charge on any atom is 0.196 e. The molecule has 4 heteroatoms. The van der Waals surface area contributed by atoms with Crippen LogP contribution in [0.1, 0.15) is 21.5 Å². The zero-order valence-corrected chi connectivity index (χ0v) is 12.6. The number of carbonyl (C=O) groups excluding carboxylic acids is 1. The van der Waals surface area contributed by atoms with Crippen LogP contribution in [0.3, 0.4) is 0 Å². The Bertz CT molecular complexity index is 662. The van der Waals surface area contributed by atoms with Crippen molar-refractivity contribution >= 4 is 5.78 Å². The summed E-state index contributed by atoms with van der Waals surface area (Å²) in [7, 11) is 4.71. The molecule has 0 spiro atoms. The van der Waals surface area contributed by atoms with Gasteiger partial charge in [-0.25, -0.2) is 0 Å². The van der Waals surface area contributed by atoms with Gasteiger partial charge >= 0.3 is 0 Å². The van der Waals surface area contributed by atoms with E-state index < -0.39 is 0 Å². The highest BCUT2D eigenvalue weighted by Crippen LogP contribution is 2.28. The van der Waals surface area contributed by atoms with E-state index in [9.17, 15) is 4.79 Å². The maximum atomic E-state index is 12.7. The second kappa shape index (κ2) is 6.31. The summed E-state index contributed by atoms with van der Waals surface area (Å²) in [6.07, 6.45) is 0. The number of aryl methyl sites for hydroxylation is 1. The Labute approximate surface area is 124 Å². The average molecular weight is 286 g/mol. The maximum absolute atomic E-state index is 12.7. The molecule has 0 atom stereocenters. The van der Waals surface area contributed by atoms with Crippen molar-refractivity contribution in [2.45, 2.75) is 6.92 Å². The van der Waals surface area contributed by atoms with Gasteiger partial charge in [0.15, 0.2) is 5.78 Å². The third-order valence-corrected chi connectivity index (χ3v) is 3.31. The first-order valence-electron chi connectivity index (χ1n) is 6.52. The number of methoxy groups -OCH3 is 3. The first-order chi connectivity index (χ1) is 10.1. The highest BCUT2D eigenvalue weighted by Gasteiger charge is 2.16. The van der Waals surface area contributed by atoms with Gasteiger partial charge in [0, 0.05) is 5.56 Å². The fraction of sp³-hybridized carbons (Fsp3) is 0.235. The Morgan fingerprint density at radius 2 is 1.52 bits per heavy atom. The van der Waals surface area contributed by atoms with E-state index in [1.165, 1.54) is 7.11 Å². The molecule has 0 amide bonds. The molecule has 21 heavy (non-hydrogen) atoms. The van der Waals surface area contributed by atoms with E-state index in [0.29, 0.717) is 22.6 Å². The molecule has 2 aromatic carbocycles. The molecule has 0 bridgehead atoms. The van der Waals surface area contributed by atoms with Gasteiger partial charge in [0.2, 0.25) is 0 Å². The lowest BCUT2D eigenvalue weighted by molar-refractivity contribution is 0.103. The number of hydrogen-bond acceptors (Lipinski definition) is 4. The van der Waals surface area contributed by atoms with E-state index in [-0.39, 0.29) is 5.78 Å². The Hall–Kier alpha value is -2.49. The van der Waals surface area contributed by atoms with E-state index >= 15 is 0 Å². The number of ketones is 1. The van der Waals surface area contributed by atoms with Crippen LogP contribution in [0.15, 0.2) is 36.4 Å². The van der Waals surface area contributed by atoms with Gasteiger partial charge in [-0.1, -0.05) is 0 Å². The third-order valence-electron chi connectivity index (χ3n) is 3.31. The first-order valence-corrected chi connectivity index (χ1v) is 6.52. The van der Waals surface area contributed by atoms with Crippen molar-refractivity contribution in [3.63, 3.8) is 0 Å². The predicted octanol–water partition coefficient (Wildman–Crippen LogP) is 3.25. The zero-order valence-electron chi connectivity index (χ0n) is 12.6. The standard InChI is InChI=1S/C17H18O4/c1-11-9-12(5-7-15(11)20-3)17(18)14-10-13(19-2)6-8-16(14)21-4/h5-10H,1-4H3. The zero-order chi connectivity index (χ0) is 15.4. The van der Waals surface area contributed by atoms with E-state index in [4.69, 9.17) is 14.2 Å². The minimum atomic E-state index is -0.114. The van der Waals surface area contributed by atoms with Crippen molar-refractivity contribution in [1.29, 1.82) is 0 Å². The van der Waals surface area contributed by atoms with Gasteiger partial charge in [-0.15, -0.1) is 0 Å². The molecule has 2 rings (SSSR count). The van der Waals surface area contributed by atoms with Crippen LogP contribution in [0.2, 0.25) is 0 Å². The summed E-state index contributed by atoms with van der Waals surface area (Å²) in [6.45, 7) is 1.90. The topological polar surface area (TPSA) is 44.8 Å². The molecule has 110 valence electrons. The summed E-state index contributed by atoms with van der Waals surface area (Å²) in [5, 5.41) is 0. The minimum absolute atomic E-state index is 0.114. The van der Waals surface area contributed by atoms with Crippen LogP contribution < -0.4 is 14.2 Å². The highest BCUT2D eigenvalue weighted by atomic mass is 16.5. The molecule has 0 aromatic heterocycles. The summed E-state index contributed by atoms with van der Waals surface area (Å²) < 4.78 is 15.6. The van der Waals surface area contributed by atoms with E-state index in [1.807, 2.05) is 6.92 Å². The Kier molecular flexibility index (Phi) is 4.48. The molecule has 0 aliphatic rings. The minimum Gasteiger partial charge on any atom is -0.497 e. The Balaban J connectivity index is 2.46. The van der Waals surface area contributed by atoms with Crippen molar-refractivity contribution in [3.05, 3.63) is 53.1 Å². The summed E-state index contributed by atoms with van der Waals surface area (Å²) in [6, 6.07) is 10.5. The molecule has 0 aliphatic heterocycles. The number of rotatable bonds is 5. The van der Waals surface area contributed by atoms with Gasteiger partial charge in [0.25, 0.3) is 0 Å². The molecule has 0 heterocycles. The first kappa shape index (κ1) is 14.9. The second-order valence-electron chi connectivity index (χ2n) is 4.58. The van der Waals surface area contributed by atoms with Crippen LogP contribution in [-0.2, 0) is 0 Å². The Morgan fingerprint density at radius 1 is 0.857 bits per heavy atom. The van der Waals surface area contributed by atoms with Crippen molar-refractivity contribution in [1.82, 2.24) is 0 Å². The SMILES string of the molecule is COc1ccc(OC)c(C(=O)c2ccc(OC)c(C)c2)c1. The monoisotopic (exact) mass is 286 g/mol. The molecule has 0 N–H and O–H groups in total. The number of carbonyl (C=O) groups is 1. The molecule has 2 aromatic rings. The molecule has 0 saturated carbocycles. The van der Waals surface area contributed by atoms with Crippen LogP contribution in [0.4, 0.5) is 0 Å². The van der Waals surface area contributed by atoms with Crippen molar-refractivity contribution in [3.8, 4) is 17.2 Å². The summed E-state index contributed by atoms with van der Waals surface area (Å²) in [5.74, 6) is 1.78. The van der Waals surface area contributed by atoms with E-state index in [0.717, 1.165) is 11.3 Å². The summed E-state index contributed by atoms with van der Waals surface area (Å²) >= 11 is 0. The summed E-state index contributed by atoms with van der Waals surface area (Å²) in [5.41, 5.74) is 1.96. The van der Waals surface area contributed by atoms with Gasteiger partial charge in [-0.05, 0) is 48.9 Å².